The molecule has 0 aromatic heterocycles. The minimum absolute atomic E-state index is 0.00641. The minimum atomic E-state index is -0.218. The minimum Gasteiger partial charge on any atom is -0.378 e. The van der Waals surface area contributed by atoms with E-state index in [1.165, 1.54) is 0 Å². The van der Waals surface area contributed by atoms with E-state index < -0.39 is 0 Å². The van der Waals surface area contributed by atoms with Crippen molar-refractivity contribution in [1.82, 2.24) is 15.5 Å². The van der Waals surface area contributed by atoms with Gasteiger partial charge in [0.25, 0.3) is 0 Å². The van der Waals surface area contributed by atoms with Crippen LogP contribution in [0.25, 0.3) is 0 Å². The maximum atomic E-state index is 11.9. The number of nitrogens with zero attached hydrogens (tertiary/aromatic N) is 1. The number of nitrogens with one attached hydrogen (secondary N) is 2. The third kappa shape index (κ3) is 3.91. The van der Waals surface area contributed by atoms with Gasteiger partial charge >= 0.3 is 0 Å². The van der Waals surface area contributed by atoms with Crippen molar-refractivity contribution in [3.05, 3.63) is 0 Å². The number of amides is 1. The molecule has 2 aliphatic heterocycles. The fourth-order valence-electron chi connectivity index (χ4n) is 2.26. The maximum Gasteiger partial charge on any atom is 0.239 e. The summed E-state index contributed by atoms with van der Waals surface area (Å²) in [7, 11) is 0. The molecule has 2 unspecified atom stereocenters. The molecule has 0 radical (unpaired) electrons. The molecule has 0 bridgehead atoms. The van der Waals surface area contributed by atoms with E-state index >= 15 is 0 Å². The van der Waals surface area contributed by atoms with Crippen molar-refractivity contribution >= 4 is 5.91 Å². The topological polar surface area (TPSA) is 62.8 Å². The summed E-state index contributed by atoms with van der Waals surface area (Å²) in [6.07, 6.45) is 0.104. The molecule has 0 aromatic rings. The summed E-state index contributed by atoms with van der Waals surface area (Å²) in [4.78, 5) is 14.2. The van der Waals surface area contributed by atoms with Gasteiger partial charge in [0.2, 0.25) is 5.91 Å². The van der Waals surface area contributed by atoms with Gasteiger partial charge < -0.3 is 20.1 Å². The van der Waals surface area contributed by atoms with Crippen molar-refractivity contribution in [2.75, 3.05) is 52.5 Å². The lowest BCUT2D eigenvalue weighted by molar-refractivity contribution is -0.127. The quantitative estimate of drug-likeness (QED) is 0.663. The molecule has 0 aliphatic carbocycles. The molecule has 2 N–H and O–H groups in total. The van der Waals surface area contributed by atoms with E-state index in [2.05, 4.69) is 22.5 Å². The van der Waals surface area contributed by atoms with Gasteiger partial charge in [0.1, 0.15) is 6.04 Å². The Morgan fingerprint density at radius 1 is 1.50 bits per heavy atom. The van der Waals surface area contributed by atoms with Crippen molar-refractivity contribution in [2.24, 2.45) is 0 Å². The second-order valence-electron chi connectivity index (χ2n) is 4.71. The van der Waals surface area contributed by atoms with Crippen LogP contribution in [0.5, 0.6) is 0 Å². The number of carbonyl (C=O) groups is 1. The molecule has 2 aliphatic rings. The number of carbonyl (C=O) groups excluding carboxylic acids is 1. The molecule has 0 saturated carbocycles. The summed E-state index contributed by atoms with van der Waals surface area (Å²) < 4.78 is 10.9. The van der Waals surface area contributed by atoms with Gasteiger partial charge in [0.05, 0.1) is 25.9 Å². The van der Waals surface area contributed by atoms with Crippen molar-refractivity contribution in [2.45, 2.75) is 19.1 Å². The van der Waals surface area contributed by atoms with Gasteiger partial charge in [0, 0.05) is 26.2 Å². The van der Waals surface area contributed by atoms with Crippen molar-refractivity contribution in [3.63, 3.8) is 0 Å². The van der Waals surface area contributed by atoms with Gasteiger partial charge in [-0.25, -0.2) is 0 Å². The zero-order chi connectivity index (χ0) is 12.8. The van der Waals surface area contributed by atoms with E-state index in [4.69, 9.17) is 9.47 Å². The van der Waals surface area contributed by atoms with E-state index in [1.54, 1.807) is 0 Å². The molecular formula is C12H23N3O3. The van der Waals surface area contributed by atoms with E-state index in [1.807, 2.05) is 0 Å². The molecule has 6 heteroatoms. The monoisotopic (exact) mass is 257 g/mol. The first kappa shape index (κ1) is 13.7. The van der Waals surface area contributed by atoms with Gasteiger partial charge in [-0.1, -0.05) is 6.92 Å². The first-order valence-corrected chi connectivity index (χ1v) is 6.72. The molecular weight excluding hydrogens is 234 g/mol. The molecule has 2 heterocycles. The van der Waals surface area contributed by atoms with Gasteiger partial charge in [-0.2, -0.15) is 0 Å². The lowest BCUT2D eigenvalue weighted by Crippen LogP contribution is -2.54. The molecule has 0 spiro atoms. The number of ether oxygens (including phenoxy) is 2. The molecule has 2 atom stereocenters. The largest absolute Gasteiger partial charge is 0.378 e. The maximum absolute atomic E-state index is 11.9. The lowest BCUT2D eigenvalue weighted by atomic mass is 10.2. The van der Waals surface area contributed by atoms with Gasteiger partial charge in [-0.15, -0.1) is 0 Å². The van der Waals surface area contributed by atoms with Crippen LogP contribution in [0.1, 0.15) is 6.92 Å². The third-order valence-corrected chi connectivity index (χ3v) is 3.41. The summed E-state index contributed by atoms with van der Waals surface area (Å²) >= 11 is 0. The number of hydrogen-bond acceptors (Lipinski definition) is 5. The molecule has 1 amide bonds. The molecule has 104 valence electrons. The summed E-state index contributed by atoms with van der Waals surface area (Å²) in [5.41, 5.74) is 0. The number of rotatable bonds is 4. The first-order chi connectivity index (χ1) is 8.79. The SMILES string of the molecule is CCN1CCOC(CNC(=O)C2COCCN2)C1. The van der Waals surface area contributed by atoms with Crippen LogP contribution in [-0.2, 0) is 14.3 Å². The Labute approximate surface area is 108 Å². The Morgan fingerprint density at radius 3 is 3.11 bits per heavy atom. The van der Waals surface area contributed by atoms with Crippen LogP contribution in [0.4, 0.5) is 0 Å². The lowest BCUT2D eigenvalue weighted by Gasteiger charge is -2.32. The van der Waals surface area contributed by atoms with Crippen molar-refractivity contribution in [3.8, 4) is 0 Å². The molecule has 2 saturated heterocycles. The highest BCUT2D eigenvalue weighted by Gasteiger charge is 2.24. The summed E-state index contributed by atoms with van der Waals surface area (Å²) in [5.74, 6) is 0.00641. The van der Waals surface area contributed by atoms with Crippen LogP contribution in [0.15, 0.2) is 0 Å². The Bertz CT molecular complexity index is 269. The Kier molecular flexibility index (Phi) is 5.37. The fourth-order valence-corrected chi connectivity index (χ4v) is 2.26. The summed E-state index contributed by atoms with van der Waals surface area (Å²) in [6, 6.07) is -0.218. The van der Waals surface area contributed by atoms with Crippen LogP contribution in [-0.4, -0.2) is 75.5 Å². The average molecular weight is 257 g/mol. The van der Waals surface area contributed by atoms with Gasteiger partial charge in [-0.05, 0) is 6.54 Å². The van der Waals surface area contributed by atoms with Gasteiger partial charge in [-0.3, -0.25) is 9.69 Å². The zero-order valence-electron chi connectivity index (χ0n) is 11.0. The van der Waals surface area contributed by atoms with Gasteiger partial charge in [0.15, 0.2) is 0 Å². The molecule has 6 nitrogen and oxygen atoms in total. The first-order valence-electron chi connectivity index (χ1n) is 6.72. The van der Waals surface area contributed by atoms with E-state index in [-0.39, 0.29) is 18.1 Å². The van der Waals surface area contributed by atoms with Crippen LogP contribution >= 0.6 is 0 Å². The second-order valence-corrected chi connectivity index (χ2v) is 4.71. The van der Waals surface area contributed by atoms with Crippen LogP contribution in [0, 0.1) is 0 Å². The normalized spacial score (nSPS) is 30.1. The van der Waals surface area contributed by atoms with Crippen LogP contribution in [0.2, 0.25) is 0 Å². The predicted octanol–water partition coefficient (Wildman–Crippen LogP) is -1.19. The highest BCUT2D eigenvalue weighted by molar-refractivity contribution is 5.82. The summed E-state index contributed by atoms with van der Waals surface area (Å²) in [5, 5.41) is 6.07. The second kappa shape index (κ2) is 7.04. The van der Waals surface area contributed by atoms with E-state index in [9.17, 15) is 4.79 Å². The van der Waals surface area contributed by atoms with Crippen LogP contribution < -0.4 is 10.6 Å². The molecule has 0 aromatic carbocycles. The van der Waals surface area contributed by atoms with Crippen LogP contribution in [0.3, 0.4) is 0 Å². The standard InChI is InChI=1S/C12H23N3O3/c1-2-15-4-6-18-10(8-15)7-14-12(16)11-9-17-5-3-13-11/h10-11,13H,2-9H2,1H3,(H,14,16). The number of likely N-dealkylation sites (N-methyl/N-ethyl adjacent to an activating group) is 1. The Morgan fingerprint density at radius 2 is 2.39 bits per heavy atom. The third-order valence-electron chi connectivity index (χ3n) is 3.41. The fraction of sp³-hybridized carbons (Fsp3) is 0.917. The highest BCUT2D eigenvalue weighted by atomic mass is 16.5. The smallest absolute Gasteiger partial charge is 0.239 e. The summed E-state index contributed by atoms with van der Waals surface area (Å²) in [6.45, 7) is 8.26. The molecule has 2 fully saturated rings. The average Bonchev–Trinajstić information content (AvgIpc) is 2.46. The zero-order valence-corrected chi connectivity index (χ0v) is 11.0. The number of morpholine rings is 2. The Hall–Kier alpha value is -0.690. The highest BCUT2D eigenvalue weighted by Crippen LogP contribution is 2.04. The Balaban J connectivity index is 1.68. The van der Waals surface area contributed by atoms with E-state index in [0.29, 0.717) is 19.8 Å². The molecule has 2 rings (SSSR count). The van der Waals surface area contributed by atoms with Crippen molar-refractivity contribution in [1.29, 1.82) is 0 Å². The van der Waals surface area contributed by atoms with Crippen molar-refractivity contribution < 1.29 is 14.3 Å². The number of hydrogen-bond donors (Lipinski definition) is 2. The predicted molar refractivity (Wildman–Crippen MR) is 67.5 cm³/mol. The van der Waals surface area contributed by atoms with E-state index in [0.717, 1.165) is 32.8 Å². The molecule has 18 heavy (non-hydrogen) atoms.